The van der Waals surface area contributed by atoms with E-state index in [4.69, 9.17) is 0 Å². The van der Waals surface area contributed by atoms with Crippen LogP contribution in [0.5, 0.6) is 0 Å². The maximum absolute atomic E-state index is 4.31. The first-order valence-electron chi connectivity index (χ1n) is 5.20. The van der Waals surface area contributed by atoms with Gasteiger partial charge >= 0.3 is 0 Å². The van der Waals surface area contributed by atoms with Gasteiger partial charge in [-0.2, -0.15) is 0 Å². The molecule has 0 bridgehead atoms. The van der Waals surface area contributed by atoms with Crippen molar-refractivity contribution in [1.82, 2.24) is 9.97 Å². The van der Waals surface area contributed by atoms with Crippen LogP contribution in [0, 0.1) is 5.92 Å². The first-order valence-corrected chi connectivity index (χ1v) is 5.20. The lowest BCUT2D eigenvalue weighted by Gasteiger charge is -2.20. The second kappa shape index (κ2) is 4.35. The lowest BCUT2D eigenvalue weighted by molar-refractivity contribution is 0.354. The molecular formula is C11H16N2. The highest BCUT2D eigenvalue weighted by Gasteiger charge is 2.14. The van der Waals surface area contributed by atoms with Crippen molar-refractivity contribution in [1.29, 1.82) is 0 Å². The zero-order valence-electron chi connectivity index (χ0n) is 7.95. The summed E-state index contributed by atoms with van der Waals surface area (Å²) < 4.78 is 0. The van der Waals surface area contributed by atoms with Crippen LogP contribution in [-0.2, 0) is 6.42 Å². The molecule has 0 atom stereocenters. The quantitative estimate of drug-likeness (QED) is 0.692. The molecule has 2 heteroatoms. The Morgan fingerprint density at radius 2 is 2.00 bits per heavy atom. The average Bonchev–Trinajstić information content (AvgIpc) is 2.21. The van der Waals surface area contributed by atoms with Gasteiger partial charge in [0.05, 0.1) is 5.69 Å². The molecule has 0 amide bonds. The monoisotopic (exact) mass is 176 g/mol. The lowest BCUT2D eigenvalue weighted by Crippen LogP contribution is -2.10. The second-order valence-electron chi connectivity index (χ2n) is 3.90. The van der Waals surface area contributed by atoms with Crippen LogP contribution in [0.15, 0.2) is 18.6 Å². The predicted molar refractivity (Wildman–Crippen MR) is 52.3 cm³/mol. The minimum absolute atomic E-state index is 0.866. The van der Waals surface area contributed by atoms with Crippen molar-refractivity contribution in [2.24, 2.45) is 5.92 Å². The minimum atomic E-state index is 0.866. The summed E-state index contributed by atoms with van der Waals surface area (Å²) in [6.07, 6.45) is 13.6. The van der Waals surface area contributed by atoms with Crippen LogP contribution in [0.4, 0.5) is 0 Å². The Hall–Kier alpha value is -0.920. The topological polar surface area (TPSA) is 25.8 Å². The van der Waals surface area contributed by atoms with Crippen molar-refractivity contribution in [3.63, 3.8) is 0 Å². The number of hydrogen-bond acceptors (Lipinski definition) is 2. The van der Waals surface area contributed by atoms with E-state index in [1.165, 1.54) is 32.1 Å². The smallest absolute Gasteiger partial charge is 0.0589 e. The molecule has 1 aliphatic rings. The van der Waals surface area contributed by atoms with Gasteiger partial charge in [0.15, 0.2) is 0 Å². The lowest BCUT2D eigenvalue weighted by atomic mass is 9.86. The third-order valence-electron chi connectivity index (χ3n) is 2.84. The van der Waals surface area contributed by atoms with E-state index in [1.807, 2.05) is 6.20 Å². The summed E-state index contributed by atoms with van der Waals surface area (Å²) in [4.78, 5) is 8.40. The van der Waals surface area contributed by atoms with E-state index < -0.39 is 0 Å². The normalized spacial score (nSPS) is 18.8. The maximum atomic E-state index is 4.31. The van der Waals surface area contributed by atoms with Crippen LogP contribution >= 0.6 is 0 Å². The van der Waals surface area contributed by atoms with Gasteiger partial charge in [0.2, 0.25) is 0 Å². The molecule has 0 radical (unpaired) electrons. The van der Waals surface area contributed by atoms with E-state index in [-0.39, 0.29) is 0 Å². The van der Waals surface area contributed by atoms with Crippen molar-refractivity contribution < 1.29 is 0 Å². The number of nitrogens with zero attached hydrogens (tertiary/aromatic N) is 2. The Labute approximate surface area is 79.4 Å². The van der Waals surface area contributed by atoms with Gasteiger partial charge in [-0.15, -0.1) is 0 Å². The first-order chi connectivity index (χ1) is 6.45. The van der Waals surface area contributed by atoms with Crippen LogP contribution in [0.3, 0.4) is 0 Å². The summed E-state index contributed by atoms with van der Waals surface area (Å²) in [5, 5.41) is 0. The maximum Gasteiger partial charge on any atom is 0.0589 e. The molecule has 0 aliphatic heterocycles. The molecule has 0 saturated heterocycles. The summed E-state index contributed by atoms with van der Waals surface area (Å²) >= 11 is 0. The SMILES string of the molecule is c1cnc(CC2CCCCC2)cn1. The summed E-state index contributed by atoms with van der Waals surface area (Å²) in [6, 6.07) is 0. The van der Waals surface area contributed by atoms with Crippen LogP contribution in [-0.4, -0.2) is 9.97 Å². The molecule has 1 saturated carbocycles. The fraction of sp³-hybridized carbons (Fsp3) is 0.636. The third-order valence-corrected chi connectivity index (χ3v) is 2.84. The summed E-state index contributed by atoms with van der Waals surface area (Å²) in [5.74, 6) is 0.866. The van der Waals surface area contributed by atoms with Gasteiger partial charge in [-0.05, 0) is 12.3 Å². The minimum Gasteiger partial charge on any atom is -0.261 e. The Morgan fingerprint density at radius 3 is 2.69 bits per heavy atom. The van der Waals surface area contributed by atoms with E-state index in [9.17, 15) is 0 Å². The van der Waals surface area contributed by atoms with Gasteiger partial charge in [0.25, 0.3) is 0 Å². The Kier molecular flexibility index (Phi) is 2.90. The van der Waals surface area contributed by atoms with Gasteiger partial charge in [-0.1, -0.05) is 32.1 Å². The predicted octanol–water partition coefficient (Wildman–Crippen LogP) is 2.60. The molecule has 0 N–H and O–H groups in total. The molecule has 0 aromatic carbocycles. The molecule has 1 heterocycles. The molecule has 70 valence electrons. The van der Waals surface area contributed by atoms with Crippen molar-refractivity contribution in [3.8, 4) is 0 Å². The molecule has 1 aliphatic carbocycles. The van der Waals surface area contributed by atoms with E-state index in [0.717, 1.165) is 18.0 Å². The van der Waals surface area contributed by atoms with Crippen molar-refractivity contribution in [2.75, 3.05) is 0 Å². The van der Waals surface area contributed by atoms with E-state index in [1.54, 1.807) is 12.4 Å². The zero-order chi connectivity index (χ0) is 8.93. The van der Waals surface area contributed by atoms with Crippen molar-refractivity contribution >= 4 is 0 Å². The Bertz CT molecular complexity index is 240. The van der Waals surface area contributed by atoms with Gasteiger partial charge in [-0.25, -0.2) is 0 Å². The van der Waals surface area contributed by atoms with E-state index >= 15 is 0 Å². The van der Waals surface area contributed by atoms with Crippen LogP contribution in [0.25, 0.3) is 0 Å². The highest BCUT2D eigenvalue weighted by atomic mass is 14.8. The molecule has 0 spiro atoms. The van der Waals surface area contributed by atoms with Crippen LogP contribution in [0.2, 0.25) is 0 Å². The molecule has 0 unspecified atom stereocenters. The molecule has 1 aromatic heterocycles. The summed E-state index contributed by atoms with van der Waals surface area (Å²) in [5.41, 5.74) is 1.16. The van der Waals surface area contributed by atoms with Crippen LogP contribution < -0.4 is 0 Å². The first kappa shape index (κ1) is 8.67. The zero-order valence-corrected chi connectivity index (χ0v) is 7.95. The standard InChI is InChI=1S/C11H16N2/c1-2-4-10(5-3-1)8-11-9-12-6-7-13-11/h6-7,9-10H,1-5,8H2. The van der Waals surface area contributed by atoms with Gasteiger partial charge in [0.1, 0.15) is 0 Å². The van der Waals surface area contributed by atoms with Crippen LogP contribution in [0.1, 0.15) is 37.8 Å². The average molecular weight is 176 g/mol. The number of aromatic nitrogens is 2. The molecule has 1 aromatic rings. The summed E-state index contributed by atoms with van der Waals surface area (Å²) in [6.45, 7) is 0. The van der Waals surface area contributed by atoms with Crippen molar-refractivity contribution in [3.05, 3.63) is 24.3 Å². The number of hydrogen-bond donors (Lipinski definition) is 0. The highest BCUT2D eigenvalue weighted by Crippen LogP contribution is 2.25. The third kappa shape index (κ3) is 2.51. The van der Waals surface area contributed by atoms with Gasteiger partial charge in [0, 0.05) is 18.6 Å². The Balaban J connectivity index is 1.90. The second-order valence-corrected chi connectivity index (χ2v) is 3.90. The molecule has 13 heavy (non-hydrogen) atoms. The summed E-state index contributed by atoms with van der Waals surface area (Å²) in [7, 11) is 0. The van der Waals surface area contributed by atoms with E-state index in [2.05, 4.69) is 9.97 Å². The molecule has 2 nitrogen and oxygen atoms in total. The molecule has 2 rings (SSSR count). The fourth-order valence-electron chi connectivity index (χ4n) is 2.12. The van der Waals surface area contributed by atoms with Gasteiger partial charge in [-0.3, -0.25) is 9.97 Å². The molecule has 1 fully saturated rings. The fourth-order valence-corrected chi connectivity index (χ4v) is 2.12. The van der Waals surface area contributed by atoms with E-state index in [0.29, 0.717) is 0 Å². The highest BCUT2D eigenvalue weighted by molar-refractivity contribution is 4.96. The largest absolute Gasteiger partial charge is 0.261 e. The van der Waals surface area contributed by atoms with Gasteiger partial charge < -0.3 is 0 Å². The molecular weight excluding hydrogens is 160 g/mol. The van der Waals surface area contributed by atoms with Crippen molar-refractivity contribution in [2.45, 2.75) is 38.5 Å². The number of rotatable bonds is 2. The Morgan fingerprint density at radius 1 is 1.15 bits per heavy atom.